The van der Waals surface area contributed by atoms with E-state index in [0.717, 1.165) is 31.7 Å². The Kier molecular flexibility index (Phi) is 4.69. The summed E-state index contributed by atoms with van der Waals surface area (Å²) in [7, 11) is 0. The van der Waals surface area contributed by atoms with E-state index < -0.39 is 17.5 Å². The fourth-order valence-corrected chi connectivity index (χ4v) is 6.22. The predicted molar refractivity (Wildman–Crippen MR) is 122 cm³/mol. The van der Waals surface area contributed by atoms with Gasteiger partial charge in [0, 0.05) is 34.8 Å². The van der Waals surface area contributed by atoms with Crippen LogP contribution < -0.4 is 5.32 Å². The highest BCUT2D eigenvalue weighted by Gasteiger charge is 2.42. The monoisotopic (exact) mass is 450 g/mol. The molecule has 0 amide bonds. The third-order valence-corrected chi connectivity index (χ3v) is 8.14. The molecule has 7 heteroatoms. The van der Waals surface area contributed by atoms with Crippen LogP contribution in [-0.2, 0) is 0 Å². The average Bonchev–Trinajstić information content (AvgIpc) is 3.55. The van der Waals surface area contributed by atoms with Crippen molar-refractivity contribution in [3.63, 3.8) is 0 Å². The molecule has 1 aromatic carbocycles. The summed E-state index contributed by atoms with van der Waals surface area (Å²) >= 11 is 0. The quantitative estimate of drug-likeness (QED) is 0.409. The molecular weight excluding hydrogens is 425 g/mol. The van der Waals surface area contributed by atoms with Crippen LogP contribution in [0.25, 0.3) is 27.0 Å². The summed E-state index contributed by atoms with van der Waals surface area (Å²) < 4.78 is 44.2. The van der Waals surface area contributed by atoms with Gasteiger partial charge in [0.25, 0.3) is 0 Å². The van der Waals surface area contributed by atoms with Gasteiger partial charge in [-0.05, 0) is 68.3 Å². The van der Waals surface area contributed by atoms with Crippen LogP contribution in [0.4, 0.5) is 24.7 Å². The molecule has 2 unspecified atom stereocenters. The first-order chi connectivity index (χ1) is 16.0. The zero-order chi connectivity index (χ0) is 22.9. The molecule has 4 nitrogen and oxygen atoms in total. The zero-order valence-corrected chi connectivity index (χ0v) is 18.4. The molecule has 2 aromatic heterocycles. The Hall–Kier alpha value is -3.01. The molecule has 2 bridgehead atoms. The third-order valence-electron chi connectivity index (χ3n) is 8.14. The number of fused-ring (bicyclic) bond motifs is 4. The molecular formula is C26H25F3N4. The second-order valence-corrected chi connectivity index (χ2v) is 9.99. The fraction of sp³-hybridized carbons (Fsp3) is 0.462. The predicted octanol–water partition coefficient (Wildman–Crippen LogP) is 7.31. The topological polar surface area (TPSA) is 45.1 Å². The molecule has 0 aliphatic heterocycles. The van der Waals surface area contributed by atoms with Gasteiger partial charge in [0.1, 0.15) is 11.6 Å². The molecule has 0 spiro atoms. The minimum absolute atomic E-state index is 0.0182. The summed E-state index contributed by atoms with van der Waals surface area (Å²) in [4.78, 5) is 11.1. The van der Waals surface area contributed by atoms with Crippen LogP contribution in [0.3, 0.4) is 0 Å². The summed E-state index contributed by atoms with van der Waals surface area (Å²) in [6.07, 6.45) is 7.90. The lowest BCUT2D eigenvalue weighted by molar-refractivity contribution is 0.0926. The lowest BCUT2D eigenvalue weighted by Gasteiger charge is -2.47. The number of nitrogens with zero attached hydrogens (tertiary/aromatic N) is 2. The molecule has 4 aliphatic carbocycles. The molecule has 2 heterocycles. The van der Waals surface area contributed by atoms with E-state index in [9.17, 15) is 8.78 Å². The first kappa shape index (κ1) is 20.6. The molecule has 2 N–H and O–H groups in total. The summed E-state index contributed by atoms with van der Waals surface area (Å²) in [6.45, 7) is 10.0. The highest BCUT2D eigenvalue weighted by molar-refractivity contribution is 5.99. The number of hydrogen-bond acceptors (Lipinski definition) is 2. The van der Waals surface area contributed by atoms with Crippen LogP contribution in [0.1, 0.15) is 56.9 Å². The van der Waals surface area contributed by atoms with Gasteiger partial charge >= 0.3 is 0 Å². The Morgan fingerprint density at radius 2 is 1.79 bits per heavy atom. The van der Waals surface area contributed by atoms with Crippen molar-refractivity contribution in [2.45, 2.75) is 57.4 Å². The summed E-state index contributed by atoms with van der Waals surface area (Å²) in [5.41, 5.74) is 1.37. The third kappa shape index (κ3) is 3.22. The van der Waals surface area contributed by atoms with Gasteiger partial charge in [-0.3, -0.25) is 0 Å². The number of rotatable bonds is 4. The summed E-state index contributed by atoms with van der Waals surface area (Å²) in [5, 5.41) is 3.73. The average molecular weight is 451 g/mol. The SMILES string of the molecule is [C-]#[N+]c1c(-c2c[nH]c3c(F)cc(F)cc23)nc(NC2C3CCC(CC3)C2C)c(F)c1C1CC1. The van der Waals surface area contributed by atoms with Crippen LogP contribution in [0.15, 0.2) is 18.3 Å². The minimum atomic E-state index is -0.712. The largest absolute Gasteiger partial charge is 0.364 e. The maximum atomic E-state index is 15.8. The lowest BCUT2D eigenvalue weighted by atomic mass is 9.62. The normalized spacial score (nSPS) is 26.5. The van der Waals surface area contributed by atoms with E-state index in [4.69, 9.17) is 6.57 Å². The van der Waals surface area contributed by atoms with Crippen LogP contribution in [0.2, 0.25) is 0 Å². The molecule has 33 heavy (non-hydrogen) atoms. The standard InChI is InChI=1S/C26H25F3N4/c1-12-13-3-7-15(8-4-13)22(12)32-26-21(29)20(14-5-6-14)25(30-2)24(33-26)18-11-31-23-17(18)9-16(27)10-19(23)28/h9-15,22,31H,3-8H2,1H3,(H,32,33). The summed E-state index contributed by atoms with van der Waals surface area (Å²) in [6, 6.07) is 2.18. The van der Waals surface area contributed by atoms with Crippen molar-refractivity contribution in [3.8, 4) is 11.3 Å². The smallest absolute Gasteiger partial charge is 0.219 e. The highest BCUT2D eigenvalue weighted by Crippen LogP contribution is 2.51. The van der Waals surface area contributed by atoms with E-state index in [1.165, 1.54) is 25.1 Å². The number of anilines is 1. The van der Waals surface area contributed by atoms with E-state index in [2.05, 4.69) is 27.1 Å². The van der Waals surface area contributed by atoms with Crippen molar-refractivity contribution in [2.75, 3.05) is 5.32 Å². The molecule has 170 valence electrons. The maximum absolute atomic E-state index is 15.8. The number of hydrogen-bond donors (Lipinski definition) is 2. The first-order valence-electron chi connectivity index (χ1n) is 11.8. The van der Waals surface area contributed by atoms with E-state index in [1.807, 2.05) is 0 Å². The van der Waals surface area contributed by atoms with Crippen LogP contribution >= 0.6 is 0 Å². The van der Waals surface area contributed by atoms with Crippen molar-refractivity contribution in [1.29, 1.82) is 0 Å². The number of halogens is 3. The Bertz CT molecular complexity index is 1290. The van der Waals surface area contributed by atoms with E-state index in [1.54, 1.807) is 0 Å². The Labute approximate surface area is 190 Å². The van der Waals surface area contributed by atoms with Crippen molar-refractivity contribution >= 4 is 22.4 Å². The minimum Gasteiger partial charge on any atom is -0.364 e. The maximum Gasteiger partial charge on any atom is 0.219 e. The van der Waals surface area contributed by atoms with Crippen molar-refractivity contribution in [3.05, 3.63) is 52.8 Å². The van der Waals surface area contributed by atoms with Crippen molar-refractivity contribution in [1.82, 2.24) is 9.97 Å². The number of benzene rings is 1. The molecule has 3 aromatic rings. The zero-order valence-electron chi connectivity index (χ0n) is 18.4. The molecule has 4 fully saturated rings. The van der Waals surface area contributed by atoms with Gasteiger partial charge in [0.2, 0.25) is 5.69 Å². The highest BCUT2D eigenvalue weighted by atomic mass is 19.1. The van der Waals surface area contributed by atoms with Crippen LogP contribution in [0, 0.1) is 41.8 Å². The molecule has 7 rings (SSSR count). The first-order valence-corrected chi connectivity index (χ1v) is 11.8. The number of nitrogens with one attached hydrogen (secondary N) is 2. The van der Waals surface area contributed by atoms with Gasteiger partial charge in [-0.25, -0.2) is 23.0 Å². The lowest BCUT2D eigenvalue weighted by Crippen LogP contribution is -2.47. The second-order valence-electron chi connectivity index (χ2n) is 9.99. The Morgan fingerprint density at radius 3 is 2.45 bits per heavy atom. The molecule has 0 saturated heterocycles. The van der Waals surface area contributed by atoms with Gasteiger partial charge in [-0.15, -0.1) is 0 Å². The molecule has 0 radical (unpaired) electrons. The van der Waals surface area contributed by atoms with Crippen molar-refractivity contribution < 1.29 is 13.2 Å². The van der Waals surface area contributed by atoms with Crippen LogP contribution in [-0.4, -0.2) is 16.0 Å². The Balaban J connectivity index is 1.52. The van der Waals surface area contributed by atoms with E-state index in [-0.39, 0.29) is 34.7 Å². The van der Waals surface area contributed by atoms with Crippen molar-refractivity contribution in [2.24, 2.45) is 17.8 Å². The van der Waals surface area contributed by atoms with E-state index >= 15 is 4.39 Å². The second kappa shape index (κ2) is 7.51. The van der Waals surface area contributed by atoms with Gasteiger partial charge in [-0.1, -0.05) is 6.92 Å². The van der Waals surface area contributed by atoms with Crippen LogP contribution in [0.5, 0.6) is 0 Å². The number of H-pyrrole nitrogens is 1. The number of pyridine rings is 1. The summed E-state index contributed by atoms with van der Waals surface area (Å²) in [5.74, 6) is -0.182. The van der Waals surface area contributed by atoms with E-state index in [0.29, 0.717) is 34.3 Å². The molecule has 4 aliphatic rings. The number of aromatic amines is 1. The van der Waals surface area contributed by atoms with Gasteiger partial charge in [0.15, 0.2) is 11.6 Å². The van der Waals surface area contributed by atoms with Gasteiger partial charge in [0.05, 0.1) is 17.8 Å². The van der Waals surface area contributed by atoms with Gasteiger partial charge in [-0.2, -0.15) is 0 Å². The number of aromatic nitrogens is 2. The Morgan fingerprint density at radius 1 is 1.06 bits per heavy atom. The van der Waals surface area contributed by atoms with Gasteiger partial charge < -0.3 is 10.3 Å². The fourth-order valence-electron chi connectivity index (χ4n) is 6.22. The molecule has 4 saturated carbocycles. The molecule has 2 atom stereocenters.